The number of halogens is 5. The Bertz CT molecular complexity index is 3720. The number of rotatable bonds is 5. The Morgan fingerprint density at radius 1 is 0.577 bits per heavy atom. The summed E-state index contributed by atoms with van der Waals surface area (Å²) in [6.07, 6.45) is 6.11. The first-order valence-corrected chi connectivity index (χ1v) is 22.3. The number of H-pyrrole nitrogens is 1. The van der Waals surface area contributed by atoms with E-state index >= 15 is 8.78 Å². The predicted molar refractivity (Wildman–Crippen MR) is 280 cm³/mol. The number of para-hydroxylation sites is 6. The lowest BCUT2D eigenvalue weighted by atomic mass is 10.00. The van der Waals surface area contributed by atoms with Crippen LogP contribution in [0.1, 0.15) is 18.6 Å². The van der Waals surface area contributed by atoms with Gasteiger partial charge in [-0.2, -0.15) is 10.2 Å². The summed E-state index contributed by atoms with van der Waals surface area (Å²) in [7, 11) is 3.61. The quantitative estimate of drug-likeness (QED) is 0.0663. The van der Waals surface area contributed by atoms with Crippen molar-refractivity contribution in [2.45, 2.75) is 19.3 Å². The molecule has 0 bridgehead atoms. The van der Waals surface area contributed by atoms with Crippen LogP contribution in [0.3, 0.4) is 0 Å². The summed E-state index contributed by atoms with van der Waals surface area (Å²) < 4.78 is 62.6. The monoisotopic (exact) mass is 1020 g/mol. The van der Waals surface area contributed by atoms with E-state index in [4.69, 9.17) is 11.5 Å². The van der Waals surface area contributed by atoms with Crippen molar-refractivity contribution in [1.82, 2.24) is 39.1 Å². The van der Waals surface area contributed by atoms with Crippen LogP contribution in [0.15, 0.2) is 168 Å². The van der Waals surface area contributed by atoms with Gasteiger partial charge < -0.3 is 21.0 Å². The van der Waals surface area contributed by atoms with Gasteiger partial charge in [0.25, 0.3) is 11.1 Å². The number of aromatic amines is 1. The largest absolute Gasteiger partial charge is 0.397 e. The zero-order valence-corrected chi connectivity index (χ0v) is 39.1. The number of aromatic nitrogens is 8. The van der Waals surface area contributed by atoms with E-state index in [9.17, 15) is 18.4 Å². The number of benzene rings is 7. The van der Waals surface area contributed by atoms with E-state index in [1.165, 1.54) is 35.0 Å². The van der Waals surface area contributed by atoms with Crippen LogP contribution >= 0.6 is 15.9 Å². The maximum absolute atomic E-state index is 15.0. The van der Waals surface area contributed by atoms with Gasteiger partial charge in [-0.15, -0.1) is 0 Å². The molecule has 0 unspecified atom stereocenters. The first kappa shape index (κ1) is 52.0. The van der Waals surface area contributed by atoms with Crippen LogP contribution in [0, 0.1) is 23.3 Å². The predicted octanol–water partition coefficient (Wildman–Crippen LogP) is 10.7. The summed E-state index contributed by atoms with van der Waals surface area (Å²) in [6, 6.07) is 38.0. The first-order chi connectivity index (χ1) is 33.3. The number of nitrogens with zero attached hydrogens (tertiary/aromatic N) is 7. The molecule has 0 aliphatic rings. The Hall–Kier alpha value is -8.38. The number of hydrogen-bond donors (Lipinski definition) is 3. The van der Waals surface area contributed by atoms with E-state index in [-0.39, 0.29) is 44.4 Å². The zero-order valence-electron chi connectivity index (χ0n) is 37.5. The molecule has 0 amide bonds. The van der Waals surface area contributed by atoms with Crippen LogP contribution in [0.25, 0.3) is 66.1 Å². The molecule has 11 aromatic rings. The number of nitrogens with one attached hydrogen (secondary N) is 1. The molecule has 4 aromatic heterocycles. The first-order valence-electron chi connectivity index (χ1n) is 21.1. The minimum Gasteiger partial charge on any atom is -0.397 e. The molecule has 0 aliphatic carbocycles. The lowest BCUT2D eigenvalue weighted by molar-refractivity contribution is 0.545. The molecular formula is C53H45BBrF4N10O2. The highest BCUT2D eigenvalue weighted by Crippen LogP contribution is 2.32. The molecule has 0 atom stereocenters. The highest BCUT2D eigenvalue weighted by atomic mass is 79.9. The van der Waals surface area contributed by atoms with Crippen LogP contribution in [-0.4, -0.2) is 47.5 Å². The molecule has 4 heterocycles. The number of fused-ring (bicyclic) bond motifs is 4. The molecule has 357 valence electrons. The molecule has 7 aromatic carbocycles. The third-order valence-electron chi connectivity index (χ3n) is 10.9. The van der Waals surface area contributed by atoms with Gasteiger partial charge in [-0.25, -0.2) is 27.5 Å². The summed E-state index contributed by atoms with van der Waals surface area (Å²) in [5, 5.41) is 10.5. The third kappa shape index (κ3) is 11.7. The van der Waals surface area contributed by atoms with Crippen molar-refractivity contribution in [2.75, 3.05) is 11.5 Å². The Morgan fingerprint density at radius 3 is 1.55 bits per heavy atom. The minimum absolute atomic E-state index is 0. The summed E-state index contributed by atoms with van der Waals surface area (Å²) in [4.78, 5) is 33.8. The highest BCUT2D eigenvalue weighted by molar-refractivity contribution is 9.08. The molecule has 71 heavy (non-hydrogen) atoms. The summed E-state index contributed by atoms with van der Waals surface area (Å²) in [5.41, 5.74) is 18.0. The van der Waals surface area contributed by atoms with Crippen LogP contribution < -0.4 is 22.6 Å². The normalized spacial score (nSPS) is 10.6. The number of hydrogen-bond acceptors (Lipinski definition) is 8. The van der Waals surface area contributed by atoms with Gasteiger partial charge in [0.15, 0.2) is 0 Å². The molecule has 0 saturated heterocycles. The standard InChI is InChI=1S/C23H16F2N4O.C15H11BrF2N2.C8H6N2O.C6H8N2.CH4.B/c1-28-12-16-15(5-4-7-20(16)27-28)14-9-18(24)17(19(25)10-14)13-29-22-8-3-2-6-21(22)26-11-23(29)30;1-20-8-12-10(3-2-4-15(12)19-20)9-5-13(17)11(7-16)14(18)6-9;11-8-5-9-6-3-1-2-4-7(6)10-8;7-5-3-1-2-4-6(5)8;;/h2-12H,13H2,1H3;2-6,8H,7H2,1H3;1-5H,(H,10,11);1-4H,7-8H2;1H4;. The van der Waals surface area contributed by atoms with E-state index in [2.05, 4.69) is 41.1 Å². The van der Waals surface area contributed by atoms with Crippen molar-refractivity contribution in [3.05, 3.63) is 213 Å². The van der Waals surface area contributed by atoms with Gasteiger partial charge in [0.2, 0.25) is 0 Å². The fourth-order valence-electron chi connectivity index (χ4n) is 7.55. The molecule has 0 fully saturated rings. The molecule has 0 saturated carbocycles. The Balaban J connectivity index is 0.000000172. The topological polar surface area (TPSA) is 168 Å². The SMILES string of the molecule is C.Cn1cc2c(-c3cc(F)c(CBr)c(F)c3)cccc2n1.Cn1cc2c(-c3cc(F)c(Cn4c(=O)cnc5ccccc54)c(F)c3)cccc2n1.Nc1ccccc1N.O=c1cnc2ccccc2[nH]1.[B]. The molecular weight excluding hydrogens is 975 g/mol. The van der Waals surface area contributed by atoms with Gasteiger partial charge in [0.1, 0.15) is 23.3 Å². The van der Waals surface area contributed by atoms with Gasteiger partial charge in [0, 0.05) is 62.1 Å². The third-order valence-corrected chi connectivity index (χ3v) is 11.5. The van der Waals surface area contributed by atoms with Crippen LogP contribution in [0.4, 0.5) is 28.9 Å². The smallest absolute Gasteiger partial charge is 0.269 e. The number of nitrogen functional groups attached to an aromatic ring is 2. The summed E-state index contributed by atoms with van der Waals surface area (Å²) in [5.74, 6) is -2.51. The van der Waals surface area contributed by atoms with Gasteiger partial charge in [-0.3, -0.25) is 19.0 Å². The van der Waals surface area contributed by atoms with E-state index in [0.29, 0.717) is 39.1 Å². The maximum Gasteiger partial charge on any atom is 0.269 e. The lowest BCUT2D eigenvalue weighted by Crippen LogP contribution is -2.22. The molecule has 11 rings (SSSR count). The van der Waals surface area contributed by atoms with Crippen molar-refractivity contribution >= 4 is 79.6 Å². The summed E-state index contributed by atoms with van der Waals surface area (Å²) >= 11 is 3.09. The number of anilines is 2. The van der Waals surface area contributed by atoms with Crippen LogP contribution in [0.5, 0.6) is 0 Å². The average Bonchev–Trinajstić information content (AvgIpc) is 3.93. The maximum atomic E-state index is 15.0. The van der Waals surface area contributed by atoms with Crippen molar-refractivity contribution in [3.63, 3.8) is 0 Å². The molecule has 18 heteroatoms. The molecule has 0 aliphatic heterocycles. The van der Waals surface area contributed by atoms with E-state index in [0.717, 1.165) is 44.6 Å². The highest BCUT2D eigenvalue weighted by Gasteiger charge is 2.17. The molecule has 5 N–H and O–H groups in total. The second kappa shape index (κ2) is 22.8. The Labute approximate surface area is 415 Å². The zero-order chi connectivity index (χ0) is 48.8. The van der Waals surface area contributed by atoms with Gasteiger partial charge in [0.05, 0.1) is 63.4 Å². The van der Waals surface area contributed by atoms with Crippen molar-refractivity contribution < 1.29 is 17.6 Å². The molecule has 0 spiro atoms. The van der Waals surface area contributed by atoms with E-state index in [1.807, 2.05) is 80.1 Å². The summed E-state index contributed by atoms with van der Waals surface area (Å²) in [6.45, 7) is -0.225. The van der Waals surface area contributed by atoms with Gasteiger partial charge in [-0.1, -0.05) is 84.0 Å². The van der Waals surface area contributed by atoms with Crippen molar-refractivity contribution in [2.24, 2.45) is 14.1 Å². The second-order valence-electron chi connectivity index (χ2n) is 15.6. The van der Waals surface area contributed by atoms with Crippen molar-refractivity contribution in [1.29, 1.82) is 0 Å². The molecule has 3 radical (unpaired) electrons. The Morgan fingerprint density at radius 2 is 1.03 bits per heavy atom. The van der Waals surface area contributed by atoms with Crippen LogP contribution in [0.2, 0.25) is 0 Å². The second-order valence-corrected chi connectivity index (χ2v) is 16.2. The lowest BCUT2D eigenvalue weighted by Gasteiger charge is -2.13. The fourth-order valence-corrected chi connectivity index (χ4v) is 8.09. The number of nitrogens with two attached hydrogens (primary N) is 2. The van der Waals surface area contributed by atoms with Gasteiger partial charge >= 0.3 is 0 Å². The van der Waals surface area contributed by atoms with Gasteiger partial charge in [-0.05, 0) is 95.1 Å². The minimum atomic E-state index is -0.710. The number of alkyl halides is 1. The fraction of sp³-hybridized carbons (Fsp3) is 0.0943. The van der Waals surface area contributed by atoms with Crippen LogP contribution in [-0.2, 0) is 26.0 Å². The van der Waals surface area contributed by atoms with E-state index in [1.54, 1.807) is 64.9 Å². The number of aryl methyl sites for hydroxylation is 2. The average molecular weight is 1020 g/mol. The Kier molecular flexibility index (Phi) is 16.7. The molecule has 12 nitrogen and oxygen atoms in total. The van der Waals surface area contributed by atoms with E-state index < -0.39 is 28.8 Å². The van der Waals surface area contributed by atoms with Crippen molar-refractivity contribution in [3.8, 4) is 22.3 Å².